The first kappa shape index (κ1) is 13.0. The first-order valence-corrected chi connectivity index (χ1v) is 6.45. The predicted molar refractivity (Wildman–Crippen MR) is 69.4 cm³/mol. The Morgan fingerprint density at radius 1 is 1.61 bits per heavy atom. The normalized spacial score (nSPS) is 24.9. The van der Waals surface area contributed by atoms with Gasteiger partial charge in [-0.05, 0) is 44.4 Å². The molecule has 4 heteroatoms. The number of likely N-dealkylation sites (tertiary alicyclic amines) is 1. The van der Waals surface area contributed by atoms with Gasteiger partial charge in [0.25, 0.3) is 0 Å². The van der Waals surface area contributed by atoms with Crippen molar-refractivity contribution in [2.45, 2.75) is 26.2 Å². The number of piperidine rings is 1. The van der Waals surface area contributed by atoms with E-state index in [0.29, 0.717) is 6.54 Å². The summed E-state index contributed by atoms with van der Waals surface area (Å²) in [5, 5.41) is 9.26. The second-order valence-corrected chi connectivity index (χ2v) is 5.36. The van der Waals surface area contributed by atoms with Gasteiger partial charge in [0.05, 0.1) is 5.41 Å². The Hall–Kier alpha value is -1.42. The van der Waals surface area contributed by atoms with E-state index in [-0.39, 0.29) is 0 Å². The Bertz CT molecular complexity index is 408. The van der Waals surface area contributed by atoms with Crippen molar-refractivity contribution in [3.63, 3.8) is 0 Å². The Morgan fingerprint density at radius 3 is 3.11 bits per heavy atom. The van der Waals surface area contributed by atoms with E-state index in [2.05, 4.69) is 16.0 Å². The number of carbonyl (C=O) groups is 1. The van der Waals surface area contributed by atoms with Gasteiger partial charge in [-0.15, -0.1) is 0 Å². The minimum absolute atomic E-state index is 0.576. The average Bonchev–Trinajstić information content (AvgIpc) is 2.38. The molecule has 1 unspecified atom stereocenters. The molecule has 2 rings (SSSR count). The maximum atomic E-state index is 11.3. The van der Waals surface area contributed by atoms with Gasteiger partial charge in [-0.3, -0.25) is 9.78 Å². The van der Waals surface area contributed by atoms with Gasteiger partial charge < -0.3 is 10.0 Å². The average molecular weight is 248 g/mol. The Kier molecular flexibility index (Phi) is 3.97. The van der Waals surface area contributed by atoms with Crippen molar-refractivity contribution in [1.82, 2.24) is 9.88 Å². The second-order valence-electron chi connectivity index (χ2n) is 5.36. The van der Waals surface area contributed by atoms with Crippen LogP contribution >= 0.6 is 0 Å². The topological polar surface area (TPSA) is 53.4 Å². The molecule has 0 radical (unpaired) electrons. The van der Waals surface area contributed by atoms with Crippen molar-refractivity contribution < 1.29 is 9.90 Å². The lowest BCUT2D eigenvalue weighted by Crippen LogP contribution is -2.46. The molecule has 4 nitrogen and oxygen atoms in total. The zero-order chi connectivity index (χ0) is 13.0. The number of carboxylic acids is 1. The molecular weight excluding hydrogens is 228 g/mol. The van der Waals surface area contributed by atoms with Crippen LogP contribution in [0.25, 0.3) is 0 Å². The van der Waals surface area contributed by atoms with Gasteiger partial charge in [0.2, 0.25) is 0 Å². The third-order valence-electron chi connectivity index (χ3n) is 3.73. The fourth-order valence-corrected chi connectivity index (χ4v) is 2.54. The van der Waals surface area contributed by atoms with E-state index in [1.807, 2.05) is 19.2 Å². The zero-order valence-electron chi connectivity index (χ0n) is 10.8. The Balaban J connectivity index is 1.89. The summed E-state index contributed by atoms with van der Waals surface area (Å²) in [6, 6.07) is 4.00. The highest BCUT2D eigenvalue weighted by Crippen LogP contribution is 2.29. The van der Waals surface area contributed by atoms with Crippen LogP contribution in [-0.2, 0) is 11.2 Å². The molecule has 1 aromatic rings. The van der Waals surface area contributed by atoms with Crippen molar-refractivity contribution in [2.24, 2.45) is 5.41 Å². The lowest BCUT2D eigenvalue weighted by Gasteiger charge is -2.37. The lowest BCUT2D eigenvalue weighted by molar-refractivity contribution is -0.151. The van der Waals surface area contributed by atoms with E-state index < -0.39 is 11.4 Å². The van der Waals surface area contributed by atoms with Crippen LogP contribution in [-0.4, -0.2) is 40.6 Å². The molecule has 1 atom stereocenters. The van der Waals surface area contributed by atoms with Gasteiger partial charge in [0.1, 0.15) is 0 Å². The van der Waals surface area contributed by atoms with Gasteiger partial charge in [0.15, 0.2) is 0 Å². The van der Waals surface area contributed by atoms with Gasteiger partial charge in [-0.1, -0.05) is 6.07 Å². The van der Waals surface area contributed by atoms with E-state index in [1.54, 1.807) is 6.20 Å². The molecule has 0 bridgehead atoms. The highest BCUT2D eigenvalue weighted by Gasteiger charge is 2.37. The largest absolute Gasteiger partial charge is 0.481 e. The number of aliphatic carboxylic acids is 1. The van der Waals surface area contributed by atoms with Gasteiger partial charge in [-0.2, -0.15) is 0 Å². The van der Waals surface area contributed by atoms with Crippen molar-refractivity contribution in [3.05, 3.63) is 30.1 Å². The van der Waals surface area contributed by atoms with Crippen molar-refractivity contribution in [2.75, 3.05) is 19.6 Å². The summed E-state index contributed by atoms with van der Waals surface area (Å²) in [4.78, 5) is 17.6. The van der Waals surface area contributed by atoms with Crippen LogP contribution in [0.15, 0.2) is 24.5 Å². The molecule has 1 fully saturated rings. The molecule has 0 spiro atoms. The quantitative estimate of drug-likeness (QED) is 0.883. The number of pyridine rings is 1. The third-order valence-corrected chi connectivity index (χ3v) is 3.73. The maximum Gasteiger partial charge on any atom is 0.310 e. The first-order valence-electron chi connectivity index (χ1n) is 6.45. The first-order chi connectivity index (χ1) is 8.60. The second kappa shape index (κ2) is 5.48. The van der Waals surface area contributed by atoms with Crippen molar-refractivity contribution in [3.8, 4) is 0 Å². The molecule has 1 aliphatic heterocycles. The van der Waals surface area contributed by atoms with Crippen LogP contribution in [0, 0.1) is 5.41 Å². The Morgan fingerprint density at radius 2 is 2.44 bits per heavy atom. The molecule has 1 saturated heterocycles. The van der Waals surface area contributed by atoms with Crippen LogP contribution in [0.2, 0.25) is 0 Å². The summed E-state index contributed by atoms with van der Waals surface area (Å²) in [7, 11) is 0. The monoisotopic (exact) mass is 248 g/mol. The van der Waals surface area contributed by atoms with Gasteiger partial charge in [0, 0.05) is 25.5 Å². The molecule has 0 aromatic carbocycles. The van der Waals surface area contributed by atoms with E-state index >= 15 is 0 Å². The summed E-state index contributed by atoms with van der Waals surface area (Å²) in [5.41, 5.74) is 0.632. The molecule has 0 saturated carbocycles. The third kappa shape index (κ3) is 3.07. The molecule has 0 amide bonds. The lowest BCUT2D eigenvalue weighted by atomic mass is 9.82. The number of hydrogen-bond donors (Lipinski definition) is 1. The molecular formula is C14H20N2O2. The summed E-state index contributed by atoms with van der Waals surface area (Å²) in [6.45, 7) is 4.42. The summed E-state index contributed by atoms with van der Waals surface area (Å²) < 4.78 is 0. The number of hydrogen-bond acceptors (Lipinski definition) is 3. The predicted octanol–water partition coefficient (Wildman–Crippen LogP) is 1.81. The van der Waals surface area contributed by atoms with Crippen LogP contribution in [0.4, 0.5) is 0 Å². The number of aromatic nitrogens is 1. The van der Waals surface area contributed by atoms with E-state index in [9.17, 15) is 9.90 Å². The van der Waals surface area contributed by atoms with Crippen LogP contribution in [0.5, 0.6) is 0 Å². The standard InChI is InChI=1S/C14H20N2O2/c1-14(13(17)18)6-3-8-16(11-14)9-5-12-4-2-7-15-10-12/h2,4,7,10H,3,5-6,8-9,11H2,1H3,(H,17,18). The molecule has 1 N–H and O–H groups in total. The molecule has 1 aromatic heterocycles. The zero-order valence-corrected chi connectivity index (χ0v) is 10.8. The smallest absolute Gasteiger partial charge is 0.310 e. The van der Waals surface area contributed by atoms with Gasteiger partial charge >= 0.3 is 5.97 Å². The van der Waals surface area contributed by atoms with E-state index in [4.69, 9.17) is 0 Å². The molecule has 18 heavy (non-hydrogen) atoms. The van der Waals surface area contributed by atoms with Gasteiger partial charge in [-0.25, -0.2) is 0 Å². The fraction of sp³-hybridized carbons (Fsp3) is 0.571. The highest BCUT2D eigenvalue weighted by molar-refractivity contribution is 5.74. The Labute approximate surface area is 108 Å². The van der Waals surface area contributed by atoms with Crippen LogP contribution in [0.3, 0.4) is 0 Å². The number of rotatable bonds is 4. The summed E-state index contributed by atoms with van der Waals surface area (Å²) >= 11 is 0. The van der Waals surface area contributed by atoms with Crippen molar-refractivity contribution in [1.29, 1.82) is 0 Å². The van der Waals surface area contributed by atoms with Crippen molar-refractivity contribution >= 4 is 5.97 Å². The number of nitrogens with zero attached hydrogens (tertiary/aromatic N) is 2. The van der Waals surface area contributed by atoms with Crippen LogP contribution < -0.4 is 0 Å². The number of carboxylic acid groups (broad SMARTS) is 1. The maximum absolute atomic E-state index is 11.3. The van der Waals surface area contributed by atoms with Crippen LogP contribution in [0.1, 0.15) is 25.3 Å². The molecule has 98 valence electrons. The minimum Gasteiger partial charge on any atom is -0.481 e. The highest BCUT2D eigenvalue weighted by atomic mass is 16.4. The fourth-order valence-electron chi connectivity index (χ4n) is 2.54. The minimum atomic E-state index is -0.673. The molecule has 1 aliphatic rings. The van der Waals surface area contributed by atoms with E-state index in [0.717, 1.165) is 32.4 Å². The summed E-state index contributed by atoms with van der Waals surface area (Å²) in [5.74, 6) is -0.673. The molecule has 2 heterocycles. The molecule has 0 aliphatic carbocycles. The van der Waals surface area contributed by atoms with E-state index in [1.165, 1.54) is 5.56 Å². The summed E-state index contributed by atoms with van der Waals surface area (Å²) in [6.07, 6.45) is 6.33. The SMILES string of the molecule is CC1(C(=O)O)CCCN(CCc2cccnc2)C1.